The molecule has 1 aliphatic heterocycles. The van der Waals surface area contributed by atoms with E-state index >= 15 is 0 Å². The standard InChI is InChI=1S/C21H25F3N6O3/c1-4-30-17(11(3)31)19(32)28-16-10(2)26-20(29-18(16)30)27-12-7-14(8-12)33-13-5-6-15(25-9-13)21(22,23)24/h5-6,9,11-12,14,17,31H,4,7-8H2,1-3H3,(H,28,32)(H,26,27,29)/t11-,12-,14-,17-/m0/s1. The molecule has 3 heterocycles. The summed E-state index contributed by atoms with van der Waals surface area (Å²) in [5.74, 6) is 0.917. The smallest absolute Gasteiger partial charge is 0.433 e. The molecule has 0 spiro atoms. The van der Waals surface area contributed by atoms with Crippen molar-refractivity contribution < 1.29 is 27.8 Å². The van der Waals surface area contributed by atoms with Gasteiger partial charge in [0, 0.05) is 25.4 Å². The number of fused-ring (bicyclic) bond motifs is 1. The molecule has 0 saturated heterocycles. The highest BCUT2D eigenvalue weighted by Gasteiger charge is 2.38. The molecule has 2 aromatic heterocycles. The molecule has 1 saturated carbocycles. The summed E-state index contributed by atoms with van der Waals surface area (Å²) in [7, 11) is 0. The molecule has 0 radical (unpaired) electrons. The van der Waals surface area contributed by atoms with E-state index in [2.05, 4.69) is 25.6 Å². The number of carbonyl (C=O) groups is 1. The minimum absolute atomic E-state index is 0.0238. The van der Waals surface area contributed by atoms with Crippen molar-refractivity contribution in [2.45, 2.75) is 64.1 Å². The van der Waals surface area contributed by atoms with Crippen molar-refractivity contribution in [2.75, 3.05) is 22.1 Å². The number of rotatable bonds is 6. The molecule has 2 aromatic rings. The number of pyridine rings is 1. The molecule has 2 aliphatic rings. The average molecular weight is 466 g/mol. The number of aryl methyl sites for hydroxylation is 1. The fourth-order valence-electron chi connectivity index (χ4n) is 4.05. The molecule has 0 unspecified atom stereocenters. The molecular formula is C21H25F3N6O3. The topological polar surface area (TPSA) is 113 Å². The summed E-state index contributed by atoms with van der Waals surface area (Å²) in [6.07, 6.45) is -3.22. The van der Waals surface area contributed by atoms with Crippen LogP contribution >= 0.6 is 0 Å². The monoisotopic (exact) mass is 466 g/mol. The van der Waals surface area contributed by atoms with E-state index in [9.17, 15) is 23.1 Å². The molecule has 2 atom stereocenters. The van der Waals surface area contributed by atoms with E-state index < -0.39 is 24.0 Å². The first-order valence-corrected chi connectivity index (χ1v) is 10.7. The summed E-state index contributed by atoms with van der Waals surface area (Å²) in [6.45, 7) is 5.69. The van der Waals surface area contributed by atoms with E-state index in [4.69, 9.17) is 4.74 Å². The zero-order valence-corrected chi connectivity index (χ0v) is 18.3. The van der Waals surface area contributed by atoms with E-state index in [1.165, 1.54) is 6.07 Å². The molecule has 9 nitrogen and oxygen atoms in total. The Bertz CT molecular complexity index is 1030. The largest absolute Gasteiger partial charge is 0.489 e. The van der Waals surface area contributed by atoms with Gasteiger partial charge in [0.2, 0.25) is 11.9 Å². The Balaban J connectivity index is 1.40. The number of aliphatic hydroxyl groups excluding tert-OH is 1. The molecule has 1 amide bonds. The van der Waals surface area contributed by atoms with Gasteiger partial charge in [0.25, 0.3) is 0 Å². The fraction of sp³-hybridized carbons (Fsp3) is 0.524. The minimum atomic E-state index is -4.48. The lowest BCUT2D eigenvalue weighted by molar-refractivity contribution is -0.141. The molecule has 12 heteroatoms. The van der Waals surface area contributed by atoms with Gasteiger partial charge in [-0.3, -0.25) is 4.79 Å². The SMILES string of the molecule is CCN1c2nc(N[C@H]3C[C@H](Oc4ccc(C(F)(F)F)nc4)C3)nc(C)c2NC(=O)[C@@H]1[C@H](C)O. The molecule has 1 fully saturated rings. The van der Waals surface area contributed by atoms with Gasteiger partial charge < -0.3 is 25.4 Å². The maximum absolute atomic E-state index is 12.6. The Labute approximate surface area is 188 Å². The number of aromatic nitrogens is 3. The van der Waals surface area contributed by atoms with Crippen LogP contribution < -0.4 is 20.3 Å². The van der Waals surface area contributed by atoms with Crippen LogP contribution in [0.5, 0.6) is 5.75 Å². The van der Waals surface area contributed by atoms with Crippen LogP contribution in [0.15, 0.2) is 18.3 Å². The number of amides is 1. The van der Waals surface area contributed by atoms with E-state index in [1.54, 1.807) is 18.7 Å². The number of halogens is 3. The van der Waals surface area contributed by atoms with Gasteiger partial charge in [-0.15, -0.1) is 0 Å². The Morgan fingerprint density at radius 3 is 2.64 bits per heavy atom. The third kappa shape index (κ3) is 4.65. The van der Waals surface area contributed by atoms with Crippen LogP contribution in [0, 0.1) is 6.92 Å². The number of hydrogen-bond donors (Lipinski definition) is 3. The van der Waals surface area contributed by atoms with Gasteiger partial charge in [0.1, 0.15) is 29.3 Å². The first-order chi connectivity index (χ1) is 15.6. The Morgan fingerprint density at radius 2 is 2.06 bits per heavy atom. The lowest BCUT2D eigenvalue weighted by Gasteiger charge is -2.39. The second kappa shape index (κ2) is 8.65. The van der Waals surface area contributed by atoms with Crippen molar-refractivity contribution in [1.82, 2.24) is 15.0 Å². The summed E-state index contributed by atoms with van der Waals surface area (Å²) < 4.78 is 43.5. The zero-order valence-electron chi connectivity index (χ0n) is 18.3. The van der Waals surface area contributed by atoms with Crippen molar-refractivity contribution in [3.8, 4) is 5.75 Å². The summed E-state index contributed by atoms with van der Waals surface area (Å²) >= 11 is 0. The second-order valence-corrected chi connectivity index (χ2v) is 8.22. The highest BCUT2D eigenvalue weighted by atomic mass is 19.4. The highest BCUT2D eigenvalue weighted by Crippen LogP contribution is 2.35. The molecule has 1 aliphatic carbocycles. The average Bonchev–Trinajstić information content (AvgIpc) is 2.71. The number of nitrogens with one attached hydrogen (secondary N) is 2. The van der Waals surface area contributed by atoms with Crippen molar-refractivity contribution in [2.24, 2.45) is 0 Å². The van der Waals surface area contributed by atoms with Gasteiger partial charge in [-0.05, 0) is 32.9 Å². The van der Waals surface area contributed by atoms with Crippen molar-refractivity contribution in [3.05, 3.63) is 29.7 Å². The zero-order chi connectivity index (χ0) is 23.9. The number of ether oxygens (including phenoxy) is 1. The number of anilines is 3. The Morgan fingerprint density at radius 1 is 1.33 bits per heavy atom. The van der Waals surface area contributed by atoms with Crippen LogP contribution in [0.2, 0.25) is 0 Å². The Hall–Kier alpha value is -3.15. The number of nitrogens with zero attached hydrogens (tertiary/aromatic N) is 4. The first-order valence-electron chi connectivity index (χ1n) is 10.7. The number of hydrogen-bond acceptors (Lipinski definition) is 8. The lowest BCUT2D eigenvalue weighted by Crippen LogP contribution is -2.54. The molecule has 178 valence electrons. The van der Waals surface area contributed by atoms with Crippen LogP contribution in [0.25, 0.3) is 0 Å². The number of aliphatic hydroxyl groups is 1. The predicted octanol–water partition coefficient (Wildman–Crippen LogP) is 2.75. The third-order valence-electron chi connectivity index (χ3n) is 5.75. The predicted molar refractivity (Wildman–Crippen MR) is 114 cm³/mol. The van der Waals surface area contributed by atoms with E-state index in [1.807, 2.05) is 6.92 Å². The van der Waals surface area contributed by atoms with Gasteiger partial charge >= 0.3 is 6.18 Å². The second-order valence-electron chi connectivity index (χ2n) is 8.22. The molecule has 0 aromatic carbocycles. The lowest BCUT2D eigenvalue weighted by atomic mass is 9.89. The van der Waals surface area contributed by atoms with Gasteiger partial charge in [-0.2, -0.15) is 18.2 Å². The molecule has 0 bridgehead atoms. The fourth-order valence-corrected chi connectivity index (χ4v) is 4.05. The van der Waals surface area contributed by atoms with E-state index in [0.717, 1.165) is 12.3 Å². The maximum atomic E-state index is 12.6. The normalized spacial score (nSPS) is 23.3. The van der Waals surface area contributed by atoms with E-state index in [-0.39, 0.29) is 23.8 Å². The summed E-state index contributed by atoms with van der Waals surface area (Å²) in [5, 5.41) is 16.1. The summed E-state index contributed by atoms with van der Waals surface area (Å²) in [4.78, 5) is 26.6. The van der Waals surface area contributed by atoms with Crippen LogP contribution in [0.1, 0.15) is 38.1 Å². The van der Waals surface area contributed by atoms with Gasteiger partial charge in [-0.25, -0.2) is 9.97 Å². The van der Waals surface area contributed by atoms with E-state index in [0.29, 0.717) is 42.5 Å². The quantitative estimate of drug-likeness (QED) is 0.596. The summed E-state index contributed by atoms with van der Waals surface area (Å²) in [5.41, 5.74) is 0.160. The molecular weight excluding hydrogens is 441 g/mol. The van der Waals surface area contributed by atoms with Gasteiger partial charge in [0.05, 0.1) is 18.0 Å². The van der Waals surface area contributed by atoms with Gasteiger partial charge in [0.15, 0.2) is 5.82 Å². The van der Waals surface area contributed by atoms with Crippen molar-refractivity contribution >= 4 is 23.4 Å². The maximum Gasteiger partial charge on any atom is 0.433 e. The first kappa shape index (κ1) is 23.0. The van der Waals surface area contributed by atoms with Gasteiger partial charge in [-0.1, -0.05) is 0 Å². The summed E-state index contributed by atoms with van der Waals surface area (Å²) in [6, 6.07) is 1.43. The van der Waals surface area contributed by atoms with Crippen LogP contribution in [-0.4, -0.2) is 56.8 Å². The molecule has 4 rings (SSSR count). The minimum Gasteiger partial charge on any atom is -0.489 e. The third-order valence-corrected chi connectivity index (χ3v) is 5.75. The number of alkyl halides is 3. The molecule has 33 heavy (non-hydrogen) atoms. The van der Waals surface area contributed by atoms with Crippen LogP contribution in [0.3, 0.4) is 0 Å². The van der Waals surface area contributed by atoms with Crippen molar-refractivity contribution in [3.63, 3.8) is 0 Å². The van der Waals surface area contributed by atoms with Crippen LogP contribution in [-0.2, 0) is 11.0 Å². The van der Waals surface area contributed by atoms with Crippen LogP contribution in [0.4, 0.5) is 30.6 Å². The van der Waals surface area contributed by atoms with Crippen molar-refractivity contribution in [1.29, 1.82) is 0 Å². The Kier molecular flexibility index (Phi) is 6.04. The number of likely N-dealkylation sites (N-methyl/N-ethyl adjacent to an activating group) is 1. The number of carbonyl (C=O) groups excluding carboxylic acids is 1. The molecule has 3 N–H and O–H groups in total. The highest BCUT2D eigenvalue weighted by molar-refractivity contribution is 6.03.